The molecule has 5 heteroatoms. The van der Waals surface area contributed by atoms with Gasteiger partial charge >= 0.3 is 0 Å². The highest BCUT2D eigenvalue weighted by Gasteiger charge is 2.26. The summed E-state index contributed by atoms with van der Waals surface area (Å²) in [5.74, 6) is -0.896. The van der Waals surface area contributed by atoms with Gasteiger partial charge in [-0.1, -0.05) is 60.7 Å². The minimum atomic E-state index is -0.820. The second kappa shape index (κ2) is 8.95. The Kier molecular flexibility index (Phi) is 6.17. The van der Waals surface area contributed by atoms with Crippen LogP contribution in [0.4, 0.5) is 4.39 Å². The van der Waals surface area contributed by atoms with E-state index in [1.807, 2.05) is 24.3 Å². The van der Waals surface area contributed by atoms with Crippen molar-refractivity contribution in [2.45, 2.75) is 12.6 Å². The Morgan fingerprint density at radius 3 is 2.07 bits per heavy atom. The molecular formula is C23H21FN2O2. The molecule has 3 aromatic carbocycles. The second-order valence-electron chi connectivity index (χ2n) is 6.50. The number of amides is 2. The predicted molar refractivity (Wildman–Crippen MR) is 106 cm³/mol. The van der Waals surface area contributed by atoms with Gasteiger partial charge in [0.25, 0.3) is 5.91 Å². The maximum absolute atomic E-state index is 13.1. The summed E-state index contributed by atoms with van der Waals surface area (Å²) >= 11 is 0. The molecule has 4 nitrogen and oxygen atoms in total. The molecule has 1 unspecified atom stereocenters. The number of nitrogens with one attached hydrogen (secondary N) is 1. The van der Waals surface area contributed by atoms with Gasteiger partial charge in [0.1, 0.15) is 11.9 Å². The molecule has 2 amide bonds. The summed E-state index contributed by atoms with van der Waals surface area (Å²) in [6.07, 6.45) is 0. The van der Waals surface area contributed by atoms with Crippen LogP contribution in [0.5, 0.6) is 0 Å². The Bertz CT molecular complexity index is 928. The molecule has 0 aliphatic carbocycles. The number of benzene rings is 3. The first-order valence-electron chi connectivity index (χ1n) is 8.95. The average Bonchev–Trinajstić information content (AvgIpc) is 2.74. The SMILES string of the molecule is CN(Cc1ccc(F)cc1)C(=O)C(NC(=O)c1ccccc1)c1ccccc1. The molecule has 1 N–H and O–H groups in total. The fourth-order valence-corrected chi connectivity index (χ4v) is 2.90. The molecule has 0 heterocycles. The predicted octanol–water partition coefficient (Wildman–Crippen LogP) is 3.96. The van der Waals surface area contributed by atoms with E-state index < -0.39 is 6.04 Å². The molecule has 0 spiro atoms. The highest BCUT2D eigenvalue weighted by molar-refractivity contribution is 5.97. The topological polar surface area (TPSA) is 49.4 Å². The number of hydrogen-bond acceptors (Lipinski definition) is 2. The number of hydrogen-bond donors (Lipinski definition) is 1. The van der Waals surface area contributed by atoms with Crippen LogP contribution in [0, 0.1) is 5.82 Å². The molecular weight excluding hydrogens is 355 g/mol. The molecule has 1 atom stereocenters. The number of carbonyl (C=O) groups is 2. The Hall–Kier alpha value is -3.47. The third kappa shape index (κ3) is 4.82. The summed E-state index contributed by atoms with van der Waals surface area (Å²) in [4.78, 5) is 27.3. The molecule has 142 valence electrons. The van der Waals surface area contributed by atoms with Gasteiger partial charge in [-0.2, -0.15) is 0 Å². The maximum Gasteiger partial charge on any atom is 0.252 e. The zero-order valence-electron chi connectivity index (χ0n) is 15.5. The standard InChI is InChI=1S/C23H21FN2O2/c1-26(16-17-12-14-20(24)15-13-17)23(28)21(18-8-4-2-5-9-18)25-22(27)19-10-6-3-7-11-19/h2-15,21H,16H2,1H3,(H,25,27). The number of likely N-dealkylation sites (N-methyl/N-ethyl adjacent to an activating group) is 1. The van der Waals surface area contributed by atoms with Crippen molar-refractivity contribution in [2.75, 3.05) is 7.05 Å². The van der Waals surface area contributed by atoms with Crippen molar-refractivity contribution >= 4 is 11.8 Å². The molecule has 3 aromatic rings. The van der Waals surface area contributed by atoms with Gasteiger partial charge < -0.3 is 10.2 Å². The van der Waals surface area contributed by atoms with Crippen molar-refractivity contribution < 1.29 is 14.0 Å². The van der Waals surface area contributed by atoms with Crippen LogP contribution in [0.1, 0.15) is 27.5 Å². The number of nitrogens with zero attached hydrogens (tertiary/aromatic N) is 1. The molecule has 0 bridgehead atoms. The van der Waals surface area contributed by atoms with Crippen molar-refractivity contribution in [1.29, 1.82) is 0 Å². The van der Waals surface area contributed by atoms with E-state index in [4.69, 9.17) is 0 Å². The van der Waals surface area contributed by atoms with Crippen molar-refractivity contribution in [3.63, 3.8) is 0 Å². The molecule has 0 fully saturated rings. The Morgan fingerprint density at radius 1 is 0.893 bits per heavy atom. The van der Waals surface area contributed by atoms with Gasteiger partial charge in [-0.3, -0.25) is 9.59 Å². The van der Waals surface area contributed by atoms with Crippen molar-refractivity contribution in [2.24, 2.45) is 0 Å². The van der Waals surface area contributed by atoms with E-state index in [-0.39, 0.29) is 17.6 Å². The molecule has 28 heavy (non-hydrogen) atoms. The van der Waals surface area contributed by atoms with E-state index >= 15 is 0 Å². The van der Waals surface area contributed by atoms with Gasteiger partial charge in [0, 0.05) is 19.2 Å². The Morgan fingerprint density at radius 2 is 1.46 bits per heavy atom. The minimum absolute atomic E-state index is 0.250. The fraction of sp³-hybridized carbons (Fsp3) is 0.130. The normalized spacial score (nSPS) is 11.5. The Labute approximate surface area is 163 Å². The molecule has 0 saturated heterocycles. The molecule has 3 rings (SSSR count). The van der Waals surface area contributed by atoms with E-state index in [9.17, 15) is 14.0 Å². The number of carbonyl (C=O) groups excluding carboxylic acids is 2. The lowest BCUT2D eigenvalue weighted by atomic mass is 10.0. The maximum atomic E-state index is 13.1. The average molecular weight is 376 g/mol. The Balaban J connectivity index is 1.80. The van der Waals surface area contributed by atoms with E-state index in [0.29, 0.717) is 17.7 Å². The second-order valence-corrected chi connectivity index (χ2v) is 6.50. The third-order valence-electron chi connectivity index (χ3n) is 4.40. The summed E-state index contributed by atoms with van der Waals surface area (Å²) in [5.41, 5.74) is 1.98. The largest absolute Gasteiger partial charge is 0.339 e. The summed E-state index contributed by atoms with van der Waals surface area (Å²) in [5, 5.41) is 2.84. The van der Waals surface area contributed by atoms with Gasteiger partial charge in [0.2, 0.25) is 5.91 Å². The molecule has 0 aromatic heterocycles. The van der Waals surface area contributed by atoms with E-state index in [1.165, 1.54) is 17.0 Å². The van der Waals surface area contributed by atoms with Gasteiger partial charge in [-0.15, -0.1) is 0 Å². The van der Waals surface area contributed by atoms with Gasteiger partial charge in [0.05, 0.1) is 0 Å². The first-order chi connectivity index (χ1) is 13.5. The lowest BCUT2D eigenvalue weighted by molar-refractivity contribution is -0.132. The fourth-order valence-electron chi connectivity index (χ4n) is 2.90. The first-order valence-corrected chi connectivity index (χ1v) is 8.95. The van der Waals surface area contributed by atoms with Crippen LogP contribution in [-0.4, -0.2) is 23.8 Å². The van der Waals surface area contributed by atoms with Crippen LogP contribution < -0.4 is 5.32 Å². The lowest BCUT2D eigenvalue weighted by Crippen LogP contribution is -2.41. The number of rotatable bonds is 6. The highest BCUT2D eigenvalue weighted by atomic mass is 19.1. The van der Waals surface area contributed by atoms with Crippen LogP contribution in [0.25, 0.3) is 0 Å². The molecule has 0 saturated carbocycles. The van der Waals surface area contributed by atoms with Gasteiger partial charge in [-0.05, 0) is 35.4 Å². The highest BCUT2D eigenvalue weighted by Crippen LogP contribution is 2.18. The summed E-state index contributed by atoms with van der Waals surface area (Å²) < 4.78 is 13.1. The third-order valence-corrected chi connectivity index (χ3v) is 4.40. The van der Waals surface area contributed by atoms with E-state index in [0.717, 1.165) is 5.56 Å². The van der Waals surface area contributed by atoms with Crippen molar-refractivity contribution in [3.05, 3.63) is 107 Å². The quantitative estimate of drug-likeness (QED) is 0.708. The zero-order valence-corrected chi connectivity index (χ0v) is 15.5. The van der Waals surface area contributed by atoms with Crippen LogP contribution in [0.2, 0.25) is 0 Å². The summed E-state index contributed by atoms with van der Waals surface area (Å²) in [6.45, 7) is 0.309. The lowest BCUT2D eigenvalue weighted by Gasteiger charge is -2.25. The molecule has 0 aliphatic heterocycles. The van der Waals surface area contributed by atoms with Gasteiger partial charge in [0.15, 0.2) is 0 Å². The molecule has 0 radical (unpaired) electrons. The smallest absolute Gasteiger partial charge is 0.252 e. The van der Waals surface area contributed by atoms with Crippen molar-refractivity contribution in [1.82, 2.24) is 10.2 Å². The van der Waals surface area contributed by atoms with Crippen molar-refractivity contribution in [3.8, 4) is 0 Å². The first kappa shape index (κ1) is 19.3. The minimum Gasteiger partial charge on any atom is -0.339 e. The van der Waals surface area contributed by atoms with Crippen LogP contribution in [0.3, 0.4) is 0 Å². The molecule has 0 aliphatic rings. The van der Waals surface area contributed by atoms with Crippen LogP contribution >= 0.6 is 0 Å². The van der Waals surface area contributed by atoms with Gasteiger partial charge in [-0.25, -0.2) is 4.39 Å². The number of halogens is 1. The monoisotopic (exact) mass is 376 g/mol. The zero-order chi connectivity index (χ0) is 19.9. The van der Waals surface area contributed by atoms with Crippen LogP contribution in [-0.2, 0) is 11.3 Å². The van der Waals surface area contributed by atoms with E-state index in [1.54, 1.807) is 55.6 Å². The van der Waals surface area contributed by atoms with E-state index in [2.05, 4.69) is 5.32 Å². The van der Waals surface area contributed by atoms with Crippen LogP contribution in [0.15, 0.2) is 84.9 Å². The summed E-state index contributed by atoms with van der Waals surface area (Å²) in [6, 6.07) is 23.1. The summed E-state index contributed by atoms with van der Waals surface area (Å²) in [7, 11) is 1.66.